The Kier molecular flexibility index (Phi) is 7.12. The molecule has 0 aliphatic carbocycles. The van der Waals surface area contributed by atoms with Gasteiger partial charge in [0, 0.05) is 18.5 Å². The summed E-state index contributed by atoms with van der Waals surface area (Å²) in [5.41, 5.74) is 2.01. The van der Waals surface area contributed by atoms with Gasteiger partial charge in [0.25, 0.3) is 0 Å². The van der Waals surface area contributed by atoms with Gasteiger partial charge in [0.15, 0.2) is 11.5 Å². The number of carbonyl (C=O) groups excluding carboxylic acids is 1. The highest BCUT2D eigenvalue weighted by Gasteiger charge is 2.16. The molecule has 1 aliphatic heterocycles. The molecule has 2 N–H and O–H groups in total. The molecule has 0 radical (unpaired) electrons. The molecule has 5 nitrogen and oxygen atoms in total. The lowest BCUT2D eigenvalue weighted by Crippen LogP contribution is -2.23. The Bertz CT molecular complexity index is 566. The third-order valence-corrected chi connectivity index (χ3v) is 4.41. The summed E-state index contributed by atoms with van der Waals surface area (Å²) in [4.78, 5) is 12.1. The summed E-state index contributed by atoms with van der Waals surface area (Å²) in [5.74, 6) is 2.14. The second-order valence-corrected chi connectivity index (χ2v) is 6.16. The zero-order valence-corrected chi connectivity index (χ0v) is 14.7. The standard InChI is InChI=1S/C19H28N2O3/c1-4-5-16-10-15(11-17(23-2)19(16)24-3)13-21-18(22)7-6-14-8-9-20-12-14/h4,10-11,14,20H,1,5-9,12-13H2,2-3H3,(H,21,22). The van der Waals surface area contributed by atoms with E-state index in [9.17, 15) is 4.79 Å². The van der Waals surface area contributed by atoms with Gasteiger partial charge in [-0.15, -0.1) is 6.58 Å². The van der Waals surface area contributed by atoms with E-state index >= 15 is 0 Å². The molecule has 1 atom stereocenters. The third kappa shape index (κ3) is 4.99. The van der Waals surface area contributed by atoms with Crippen molar-refractivity contribution in [3.8, 4) is 11.5 Å². The van der Waals surface area contributed by atoms with E-state index in [0.29, 0.717) is 31.1 Å². The van der Waals surface area contributed by atoms with Crippen LogP contribution in [0.15, 0.2) is 24.8 Å². The summed E-state index contributed by atoms with van der Waals surface area (Å²) >= 11 is 0. The Morgan fingerprint density at radius 2 is 2.25 bits per heavy atom. The largest absolute Gasteiger partial charge is 0.493 e. The van der Waals surface area contributed by atoms with Gasteiger partial charge < -0.3 is 20.1 Å². The fourth-order valence-electron chi connectivity index (χ4n) is 3.10. The first-order valence-electron chi connectivity index (χ1n) is 8.50. The van der Waals surface area contributed by atoms with Gasteiger partial charge >= 0.3 is 0 Å². The minimum Gasteiger partial charge on any atom is -0.493 e. The highest BCUT2D eigenvalue weighted by atomic mass is 16.5. The number of nitrogens with one attached hydrogen (secondary N) is 2. The number of rotatable bonds is 9. The number of carbonyl (C=O) groups is 1. The van der Waals surface area contributed by atoms with Crippen molar-refractivity contribution in [2.45, 2.75) is 32.2 Å². The lowest BCUT2D eigenvalue weighted by Gasteiger charge is -2.15. The van der Waals surface area contributed by atoms with Crippen molar-refractivity contribution in [2.75, 3.05) is 27.3 Å². The molecule has 24 heavy (non-hydrogen) atoms. The molecule has 1 aromatic carbocycles. The fourth-order valence-corrected chi connectivity index (χ4v) is 3.10. The van der Waals surface area contributed by atoms with Crippen molar-refractivity contribution in [1.82, 2.24) is 10.6 Å². The average Bonchev–Trinajstić information content (AvgIpc) is 3.11. The molecule has 1 aromatic rings. The second kappa shape index (κ2) is 9.33. The van der Waals surface area contributed by atoms with E-state index in [2.05, 4.69) is 17.2 Å². The molecule has 2 rings (SSSR count). The normalized spacial score (nSPS) is 16.7. The monoisotopic (exact) mass is 332 g/mol. The third-order valence-electron chi connectivity index (χ3n) is 4.41. The number of methoxy groups -OCH3 is 2. The predicted octanol–water partition coefficient (Wildman–Crippen LogP) is 2.44. The van der Waals surface area contributed by atoms with Gasteiger partial charge in [-0.2, -0.15) is 0 Å². The minimum atomic E-state index is 0.0990. The van der Waals surface area contributed by atoms with Crippen LogP contribution in [-0.4, -0.2) is 33.2 Å². The van der Waals surface area contributed by atoms with E-state index in [-0.39, 0.29) is 5.91 Å². The Hall–Kier alpha value is -2.01. The zero-order chi connectivity index (χ0) is 17.4. The maximum absolute atomic E-state index is 12.1. The molecular formula is C19H28N2O3. The Morgan fingerprint density at radius 1 is 1.42 bits per heavy atom. The SMILES string of the molecule is C=CCc1cc(CNC(=O)CCC2CCNC2)cc(OC)c1OC. The fraction of sp³-hybridized carbons (Fsp3) is 0.526. The number of allylic oxidation sites excluding steroid dienone is 1. The lowest BCUT2D eigenvalue weighted by molar-refractivity contribution is -0.121. The summed E-state index contributed by atoms with van der Waals surface area (Å²) in [5, 5.41) is 6.33. The van der Waals surface area contributed by atoms with E-state index in [1.807, 2.05) is 18.2 Å². The van der Waals surface area contributed by atoms with Crippen LogP contribution in [0.1, 0.15) is 30.4 Å². The van der Waals surface area contributed by atoms with Crippen LogP contribution in [0.5, 0.6) is 11.5 Å². The topological polar surface area (TPSA) is 59.6 Å². The van der Waals surface area contributed by atoms with Crippen molar-refractivity contribution < 1.29 is 14.3 Å². The van der Waals surface area contributed by atoms with Crippen molar-refractivity contribution >= 4 is 5.91 Å². The van der Waals surface area contributed by atoms with Crippen molar-refractivity contribution in [1.29, 1.82) is 0 Å². The molecule has 5 heteroatoms. The quantitative estimate of drug-likeness (QED) is 0.682. The van der Waals surface area contributed by atoms with Crippen LogP contribution in [0.25, 0.3) is 0 Å². The molecule has 1 unspecified atom stereocenters. The smallest absolute Gasteiger partial charge is 0.220 e. The van der Waals surface area contributed by atoms with Crippen LogP contribution in [-0.2, 0) is 17.8 Å². The van der Waals surface area contributed by atoms with E-state index in [4.69, 9.17) is 9.47 Å². The molecule has 0 aromatic heterocycles. The van der Waals surface area contributed by atoms with E-state index in [1.165, 1.54) is 6.42 Å². The lowest BCUT2D eigenvalue weighted by atomic mass is 10.0. The maximum Gasteiger partial charge on any atom is 0.220 e. The Balaban J connectivity index is 1.94. The molecule has 1 fully saturated rings. The van der Waals surface area contributed by atoms with Crippen molar-refractivity contribution in [3.05, 3.63) is 35.9 Å². The van der Waals surface area contributed by atoms with Gasteiger partial charge in [0.05, 0.1) is 14.2 Å². The number of benzene rings is 1. The van der Waals surface area contributed by atoms with Gasteiger partial charge in [0.2, 0.25) is 5.91 Å². The minimum absolute atomic E-state index is 0.0990. The molecular weight excluding hydrogens is 304 g/mol. The van der Waals surface area contributed by atoms with Crippen LogP contribution in [0, 0.1) is 5.92 Å². The van der Waals surface area contributed by atoms with Gasteiger partial charge in [-0.3, -0.25) is 4.79 Å². The first-order valence-corrected chi connectivity index (χ1v) is 8.50. The molecule has 0 spiro atoms. The van der Waals surface area contributed by atoms with Crippen LogP contribution in [0.2, 0.25) is 0 Å². The summed E-state index contributed by atoms with van der Waals surface area (Å²) in [6, 6.07) is 3.94. The summed E-state index contributed by atoms with van der Waals surface area (Å²) in [6.07, 6.45) is 5.23. The van der Waals surface area contributed by atoms with Crippen molar-refractivity contribution in [2.24, 2.45) is 5.92 Å². The summed E-state index contributed by atoms with van der Waals surface area (Å²) < 4.78 is 10.8. The van der Waals surface area contributed by atoms with Gasteiger partial charge in [-0.05, 0) is 56.0 Å². The molecule has 0 saturated carbocycles. The van der Waals surface area contributed by atoms with Crippen LogP contribution < -0.4 is 20.1 Å². The van der Waals surface area contributed by atoms with E-state index < -0.39 is 0 Å². The van der Waals surface area contributed by atoms with E-state index in [1.54, 1.807) is 14.2 Å². The predicted molar refractivity (Wildman–Crippen MR) is 95.5 cm³/mol. The first kappa shape index (κ1) is 18.3. The number of hydrogen-bond acceptors (Lipinski definition) is 4. The number of ether oxygens (including phenoxy) is 2. The summed E-state index contributed by atoms with van der Waals surface area (Å²) in [7, 11) is 3.25. The highest BCUT2D eigenvalue weighted by Crippen LogP contribution is 2.33. The first-order chi connectivity index (χ1) is 11.7. The Morgan fingerprint density at radius 3 is 2.88 bits per heavy atom. The maximum atomic E-state index is 12.1. The van der Waals surface area contributed by atoms with Crippen LogP contribution >= 0.6 is 0 Å². The van der Waals surface area contributed by atoms with E-state index in [0.717, 1.165) is 36.4 Å². The van der Waals surface area contributed by atoms with Crippen LogP contribution in [0.4, 0.5) is 0 Å². The summed E-state index contributed by atoms with van der Waals surface area (Å²) in [6.45, 7) is 6.38. The van der Waals surface area contributed by atoms with Gasteiger partial charge in [0.1, 0.15) is 0 Å². The highest BCUT2D eigenvalue weighted by molar-refractivity contribution is 5.75. The second-order valence-electron chi connectivity index (χ2n) is 6.16. The van der Waals surface area contributed by atoms with Gasteiger partial charge in [-0.1, -0.05) is 6.08 Å². The number of hydrogen-bond donors (Lipinski definition) is 2. The van der Waals surface area contributed by atoms with Gasteiger partial charge in [-0.25, -0.2) is 0 Å². The Labute approximate surface area is 144 Å². The zero-order valence-electron chi connectivity index (χ0n) is 14.7. The average molecular weight is 332 g/mol. The van der Waals surface area contributed by atoms with Crippen molar-refractivity contribution in [3.63, 3.8) is 0 Å². The number of amides is 1. The molecule has 1 aliphatic rings. The molecule has 0 bridgehead atoms. The molecule has 1 heterocycles. The van der Waals surface area contributed by atoms with Crippen LogP contribution in [0.3, 0.4) is 0 Å². The molecule has 1 saturated heterocycles. The molecule has 1 amide bonds. The molecule has 132 valence electrons.